The number of hydrogen-bond donors (Lipinski definition) is 0. The lowest BCUT2D eigenvalue weighted by atomic mass is 10.2. The van der Waals surface area contributed by atoms with E-state index in [1.807, 2.05) is 41.7 Å². The molecule has 24 heavy (non-hydrogen) atoms. The molecule has 2 aromatic heterocycles. The second kappa shape index (κ2) is 7.25. The lowest BCUT2D eigenvalue weighted by molar-refractivity contribution is 0.115. The summed E-state index contributed by atoms with van der Waals surface area (Å²) in [6.07, 6.45) is 0. The highest BCUT2D eigenvalue weighted by atomic mass is 32.1. The predicted octanol–water partition coefficient (Wildman–Crippen LogP) is 3.12. The molecule has 0 atom stereocenters. The first kappa shape index (κ1) is 15.5. The van der Waals surface area contributed by atoms with Crippen LogP contribution in [-0.4, -0.2) is 46.2 Å². The van der Waals surface area contributed by atoms with Gasteiger partial charge >= 0.3 is 0 Å². The van der Waals surface area contributed by atoms with Gasteiger partial charge in [-0.15, -0.1) is 21.5 Å². The molecular formula is C18H20N4OS. The first-order valence-corrected chi connectivity index (χ1v) is 9.10. The summed E-state index contributed by atoms with van der Waals surface area (Å²) in [5, 5.41) is 10.5. The van der Waals surface area contributed by atoms with E-state index in [1.54, 1.807) is 0 Å². The molecular weight excluding hydrogens is 320 g/mol. The minimum Gasteiger partial charge on any atom is -0.419 e. The largest absolute Gasteiger partial charge is 0.419 e. The average Bonchev–Trinajstić information content (AvgIpc) is 3.29. The predicted molar refractivity (Wildman–Crippen MR) is 94.6 cm³/mol. The van der Waals surface area contributed by atoms with Crippen molar-refractivity contribution in [3.63, 3.8) is 0 Å². The van der Waals surface area contributed by atoms with Gasteiger partial charge in [0.05, 0.1) is 6.54 Å². The molecule has 0 spiro atoms. The molecule has 3 heterocycles. The Morgan fingerprint density at radius 1 is 0.875 bits per heavy atom. The summed E-state index contributed by atoms with van der Waals surface area (Å²) < 4.78 is 5.81. The highest BCUT2D eigenvalue weighted by molar-refractivity contribution is 7.09. The summed E-state index contributed by atoms with van der Waals surface area (Å²) in [7, 11) is 0. The SMILES string of the molecule is c1ccc(-c2nnc(CN3CCN(Cc4cccs4)CC3)o2)cc1. The van der Waals surface area contributed by atoms with Gasteiger partial charge < -0.3 is 4.42 Å². The molecule has 0 unspecified atom stereocenters. The van der Waals surface area contributed by atoms with E-state index in [0.717, 1.165) is 44.8 Å². The van der Waals surface area contributed by atoms with Gasteiger partial charge in [-0.05, 0) is 23.6 Å². The third-order valence-corrected chi connectivity index (χ3v) is 5.13. The quantitative estimate of drug-likeness (QED) is 0.714. The maximum absolute atomic E-state index is 5.81. The summed E-state index contributed by atoms with van der Waals surface area (Å²) in [4.78, 5) is 6.33. The Hall–Kier alpha value is -2.02. The van der Waals surface area contributed by atoms with Gasteiger partial charge in [0.1, 0.15) is 0 Å². The van der Waals surface area contributed by atoms with Crippen molar-refractivity contribution in [2.45, 2.75) is 13.1 Å². The Morgan fingerprint density at radius 3 is 2.33 bits per heavy atom. The van der Waals surface area contributed by atoms with E-state index < -0.39 is 0 Å². The Morgan fingerprint density at radius 2 is 1.62 bits per heavy atom. The van der Waals surface area contributed by atoms with Crippen LogP contribution in [0.2, 0.25) is 0 Å². The van der Waals surface area contributed by atoms with Crippen LogP contribution in [0.1, 0.15) is 10.8 Å². The molecule has 5 nitrogen and oxygen atoms in total. The van der Waals surface area contributed by atoms with Gasteiger partial charge in [-0.1, -0.05) is 24.3 Å². The summed E-state index contributed by atoms with van der Waals surface area (Å²) in [6.45, 7) is 6.02. The third-order valence-electron chi connectivity index (χ3n) is 4.27. The number of hydrogen-bond acceptors (Lipinski definition) is 6. The molecule has 0 N–H and O–H groups in total. The van der Waals surface area contributed by atoms with Gasteiger partial charge in [-0.25, -0.2) is 0 Å². The van der Waals surface area contributed by atoms with E-state index in [4.69, 9.17) is 4.42 Å². The van der Waals surface area contributed by atoms with Crippen LogP contribution in [0.15, 0.2) is 52.3 Å². The van der Waals surface area contributed by atoms with E-state index in [0.29, 0.717) is 11.8 Å². The zero-order valence-corrected chi connectivity index (χ0v) is 14.3. The molecule has 4 rings (SSSR count). The second-order valence-corrected chi connectivity index (χ2v) is 7.03. The number of nitrogens with zero attached hydrogens (tertiary/aromatic N) is 4. The lowest BCUT2D eigenvalue weighted by Gasteiger charge is -2.33. The van der Waals surface area contributed by atoms with E-state index in [-0.39, 0.29) is 0 Å². The Bertz CT molecular complexity index is 748. The van der Waals surface area contributed by atoms with Gasteiger partial charge in [-0.3, -0.25) is 9.80 Å². The number of benzene rings is 1. The van der Waals surface area contributed by atoms with Crippen LogP contribution in [0.25, 0.3) is 11.5 Å². The Kier molecular flexibility index (Phi) is 4.69. The van der Waals surface area contributed by atoms with E-state index in [2.05, 4.69) is 37.5 Å². The molecule has 1 aromatic carbocycles. The van der Waals surface area contributed by atoms with Crippen LogP contribution in [0, 0.1) is 0 Å². The molecule has 0 amide bonds. The Balaban J connectivity index is 1.30. The van der Waals surface area contributed by atoms with Gasteiger partial charge in [0.2, 0.25) is 11.8 Å². The van der Waals surface area contributed by atoms with E-state index in [9.17, 15) is 0 Å². The normalized spacial score (nSPS) is 16.5. The molecule has 0 saturated carbocycles. The first-order valence-electron chi connectivity index (χ1n) is 8.22. The Labute approximate surface area is 145 Å². The van der Waals surface area contributed by atoms with Crippen LogP contribution in [-0.2, 0) is 13.1 Å². The van der Waals surface area contributed by atoms with Gasteiger partial charge in [0.15, 0.2) is 0 Å². The average molecular weight is 340 g/mol. The molecule has 1 aliphatic heterocycles. The number of rotatable bonds is 5. The van der Waals surface area contributed by atoms with Crippen molar-refractivity contribution >= 4 is 11.3 Å². The van der Waals surface area contributed by atoms with Crippen molar-refractivity contribution in [3.05, 3.63) is 58.6 Å². The van der Waals surface area contributed by atoms with Crippen molar-refractivity contribution < 1.29 is 4.42 Å². The molecule has 1 fully saturated rings. The van der Waals surface area contributed by atoms with Crippen molar-refractivity contribution in [2.24, 2.45) is 0 Å². The van der Waals surface area contributed by atoms with Crippen molar-refractivity contribution in [2.75, 3.05) is 26.2 Å². The smallest absolute Gasteiger partial charge is 0.247 e. The first-order chi connectivity index (χ1) is 11.9. The van der Waals surface area contributed by atoms with Crippen molar-refractivity contribution in [3.8, 4) is 11.5 Å². The van der Waals surface area contributed by atoms with Gasteiger partial charge in [0, 0.05) is 43.2 Å². The highest BCUT2D eigenvalue weighted by Gasteiger charge is 2.19. The highest BCUT2D eigenvalue weighted by Crippen LogP contribution is 2.18. The third kappa shape index (κ3) is 3.72. The van der Waals surface area contributed by atoms with E-state index >= 15 is 0 Å². The topological polar surface area (TPSA) is 45.4 Å². The lowest BCUT2D eigenvalue weighted by Crippen LogP contribution is -2.45. The summed E-state index contributed by atoms with van der Waals surface area (Å²) in [6, 6.07) is 14.2. The molecule has 0 aliphatic carbocycles. The molecule has 0 bridgehead atoms. The van der Waals surface area contributed by atoms with Gasteiger partial charge in [-0.2, -0.15) is 0 Å². The summed E-state index contributed by atoms with van der Waals surface area (Å²) in [5.41, 5.74) is 0.969. The minimum absolute atomic E-state index is 0.599. The van der Waals surface area contributed by atoms with Crippen molar-refractivity contribution in [1.29, 1.82) is 0 Å². The maximum Gasteiger partial charge on any atom is 0.247 e. The molecule has 1 aliphatic rings. The zero-order chi connectivity index (χ0) is 16.2. The summed E-state index contributed by atoms with van der Waals surface area (Å²) >= 11 is 1.83. The molecule has 1 saturated heterocycles. The fraction of sp³-hybridized carbons (Fsp3) is 0.333. The van der Waals surface area contributed by atoms with Crippen LogP contribution < -0.4 is 0 Å². The van der Waals surface area contributed by atoms with Crippen molar-refractivity contribution in [1.82, 2.24) is 20.0 Å². The van der Waals surface area contributed by atoms with Crippen LogP contribution >= 0.6 is 11.3 Å². The van der Waals surface area contributed by atoms with Crippen LogP contribution in [0.4, 0.5) is 0 Å². The maximum atomic E-state index is 5.81. The monoisotopic (exact) mass is 340 g/mol. The number of piperazine rings is 1. The standard InChI is InChI=1S/C18H20N4OS/c1-2-5-15(6-3-1)18-20-19-17(23-18)14-22-10-8-21(9-11-22)13-16-7-4-12-24-16/h1-7,12H,8-11,13-14H2. The van der Waals surface area contributed by atoms with Gasteiger partial charge in [0.25, 0.3) is 0 Å². The fourth-order valence-corrected chi connectivity index (χ4v) is 3.68. The zero-order valence-electron chi connectivity index (χ0n) is 13.5. The number of thiophene rings is 1. The minimum atomic E-state index is 0.599. The van der Waals surface area contributed by atoms with Crippen LogP contribution in [0.5, 0.6) is 0 Å². The van der Waals surface area contributed by atoms with Crippen LogP contribution in [0.3, 0.4) is 0 Å². The second-order valence-electron chi connectivity index (χ2n) is 6.00. The number of aromatic nitrogens is 2. The summed E-state index contributed by atoms with van der Waals surface area (Å²) in [5.74, 6) is 1.29. The molecule has 6 heteroatoms. The molecule has 3 aromatic rings. The molecule has 0 radical (unpaired) electrons. The molecule has 124 valence electrons. The van der Waals surface area contributed by atoms with E-state index in [1.165, 1.54) is 4.88 Å². The fourth-order valence-electron chi connectivity index (χ4n) is 2.93.